The van der Waals surface area contributed by atoms with E-state index in [1.807, 2.05) is 27.7 Å². The maximum absolute atomic E-state index is 12.0. The molecule has 1 aromatic heterocycles. The van der Waals surface area contributed by atoms with Gasteiger partial charge in [0.2, 0.25) is 5.56 Å². The van der Waals surface area contributed by atoms with Crippen LogP contribution in [0, 0.1) is 0 Å². The Morgan fingerprint density at radius 2 is 1.50 bits per heavy atom. The number of pyridine rings is 1. The van der Waals surface area contributed by atoms with Crippen LogP contribution in [0.3, 0.4) is 0 Å². The molecular formula is C11H18F3NO. The first-order chi connectivity index (χ1) is 7.41. The third-order valence-corrected chi connectivity index (χ3v) is 1.41. The Morgan fingerprint density at radius 1 is 1.06 bits per heavy atom. The van der Waals surface area contributed by atoms with Crippen molar-refractivity contribution >= 4 is 0 Å². The molecular weight excluding hydrogens is 219 g/mol. The minimum atomic E-state index is -4.38. The van der Waals surface area contributed by atoms with Gasteiger partial charge in [0, 0.05) is 19.3 Å². The number of nitrogens with zero attached hydrogens (tertiary/aromatic N) is 1. The molecule has 1 heterocycles. The maximum atomic E-state index is 12.0. The molecule has 0 saturated heterocycles. The van der Waals surface area contributed by atoms with Crippen molar-refractivity contribution in [2.45, 2.75) is 33.9 Å². The second-order valence-corrected chi connectivity index (χ2v) is 2.36. The molecule has 0 bridgehead atoms. The van der Waals surface area contributed by atoms with Gasteiger partial charge in [0.05, 0.1) is 5.56 Å². The number of alkyl halides is 3. The first-order valence-corrected chi connectivity index (χ1v) is 5.15. The average Bonchev–Trinajstić information content (AvgIpc) is 2.26. The topological polar surface area (TPSA) is 22.0 Å². The first kappa shape index (κ1) is 17.1. The molecule has 0 aliphatic heterocycles. The molecule has 1 aromatic rings. The molecule has 0 aliphatic rings. The third-order valence-electron chi connectivity index (χ3n) is 1.41. The molecule has 0 atom stereocenters. The fourth-order valence-electron chi connectivity index (χ4n) is 0.762. The molecule has 16 heavy (non-hydrogen) atoms. The molecule has 5 heteroatoms. The fraction of sp³-hybridized carbons (Fsp3) is 0.545. The van der Waals surface area contributed by atoms with Gasteiger partial charge in [-0.15, -0.1) is 0 Å². The summed E-state index contributed by atoms with van der Waals surface area (Å²) >= 11 is 0. The van der Waals surface area contributed by atoms with Crippen molar-refractivity contribution in [3.05, 3.63) is 34.2 Å². The number of rotatable bonds is 0. The van der Waals surface area contributed by atoms with E-state index in [2.05, 4.69) is 0 Å². The van der Waals surface area contributed by atoms with E-state index in [4.69, 9.17) is 0 Å². The van der Waals surface area contributed by atoms with Crippen LogP contribution in [-0.4, -0.2) is 4.57 Å². The smallest absolute Gasteiger partial charge is 0.318 e. The number of aromatic nitrogens is 1. The van der Waals surface area contributed by atoms with E-state index in [1.54, 1.807) is 0 Å². The van der Waals surface area contributed by atoms with Gasteiger partial charge in [-0.05, 0) is 6.07 Å². The minimum Gasteiger partial charge on any atom is -0.318 e. The van der Waals surface area contributed by atoms with Gasteiger partial charge in [-0.2, -0.15) is 13.2 Å². The summed E-state index contributed by atoms with van der Waals surface area (Å²) in [7, 11) is 1.28. The molecule has 0 amide bonds. The third kappa shape index (κ3) is 5.58. The normalized spacial score (nSPS) is 9.50. The summed E-state index contributed by atoms with van der Waals surface area (Å²) in [6.45, 7) is 8.00. The second kappa shape index (κ2) is 7.96. The number of hydrogen-bond donors (Lipinski definition) is 0. The van der Waals surface area contributed by atoms with Gasteiger partial charge in [-0.25, -0.2) is 0 Å². The highest BCUT2D eigenvalue weighted by Gasteiger charge is 2.30. The molecule has 2 nitrogen and oxygen atoms in total. The van der Waals surface area contributed by atoms with Crippen molar-refractivity contribution in [2.24, 2.45) is 7.05 Å². The van der Waals surface area contributed by atoms with Crippen molar-refractivity contribution in [3.8, 4) is 0 Å². The Hall–Kier alpha value is -1.26. The Balaban J connectivity index is 0. The van der Waals surface area contributed by atoms with Crippen LogP contribution in [0.4, 0.5) is 13.2 Å². The molecule has 0 N–H and O–H groups in total. The second-order valence-electron chi connectivity index (χ2n) is 2.36. The van der Waals surface area contributed by atoms with Crippen molar-refractivity contribution in [2.75, 3.05) is 0 Å². The fourth-order valence-corrected chi connectivity index (χ4v) is 0.762. The minimum absolute atomic E-state index is 0.456. The quantitative estimate of drug-likeness (QED) is 0.677. The molecule has 0 fully saturated rings. The van der Waals surface area contributed by atoms with E-state index in [0.717, 1.165) is 22.9 Å². The van der Waals surface area contributed by atoms with Crippen LogP contribution in [0.15, 0.2) is 23.1 Å². The Labute approximate surface area is 93.7 Å². The Morgan fingerprint density at radius 3 is 1.81 bits per heavy atom. The highest BCUT2D eigenvalue weighted by atomic mass is 19.4. The molecule has 94 valence electrons. The van der Waals surface area contributed by atoms with Crippen molar-refractivity contribution in [3.63, 3.8) is 0 Å². The summed E-state index contributed by atoms with van der Waals surface area (Å²) in [4.78, 5) is 10.7. The summed E-state index contributed by atoms with van der Waals surface area (Å²) in [6, 6.07) is 1.66. The Kier molecular flexibility index (Phi) is 8.53. The summed E-state index contributed by atoms with van der Waals surface area (Å²) in [5, 5.41) is 0. The molecule has 0 aromatic carbocycles. The van der Waals surface area contributed by atoms with Crippen molar-refractivity contribution in [1.29, 1.82) is 0 Å². The largest absolute Gasteiger partial charge is 0.417 e. The lowest BCUT2D eigenvalue weighted by Crippen LogP contribution is -2.18. The summed E-state index contributed by atoms with van der Waals surface area (Å²) in [5.41, 5.74) is -1.27. The van der Waals surface area contributed by atoms with Crippen LogP contribution in [0.2, 0.25) is 0 Å². The molecule has 0 aliphatic carbocycles. The number of aryl methyl sites for hydroxylation is 1. The van der Waals surface area contributed by atoms with Crippen LogP contribution in [0.25, 0.3) is 0 Å². The monoisotopic (exact) mass is 237 g/mol. The zero-order valence-corrected chi connectivity index (χ0v) is 10.2. The van der Waals surface area contributed by atoms with Gasteiger partial charge in [0.15, 0.2) is 0 Å². The predicted molar refractivity (Wildman–Crippen MR) is 59.4 cm³/mol. The van der Waals surface area contributed by atoms with Gasteiger partial charge in [-0.3, -0.25) is 4.79 Å². The Bertz CT molecular complexity index is 342. The van der Waals surface area contributed by atoms with E-state index in [-0.39, 0.29) is 0 Å². The van der Waals surface area contributed by atoms with E-state index in [1.165, 1.54) is 7.05 Å². The van der Waals surface area contributed by atoms with Gasteiger partial charge in [0.25, 0.3) is 0 Å². The van der Waals surface area contributed by atoms with Crippen molar-refractivity contribution < 1.29 is 13.2 Å². The van der Waals surface area contributed by atoms with E-state index < -0.39 is 17.3 Å². The van der Waals surface area contributed by atoms with Crippen molar-refractivity contribution in [1.82, 2.24) is 4.57 Å². The van der Waals surface area contributed by atoms with Crippen LogP contribution in [0.5, 0.6) is 0 Å². The maximum Gasteiger partial charge on any atom is 0.417 e. The molecule has 0 radical (unpaired) electrons. The SMILES string of the molecule is CC.CC.Cn1cc(C(F)(F)F)ccc1=O. The lowest BCUT2D eigenvalue weighted by Gasteiger charge is -2.06. The average molecular weight is 237 g/mol. The van der Waals surface area contributed by atoms with Gasteiger partial charge >= 0.3 is 6.18 Å². The molecule has 1 rings (SSSR count). The van der Waals surface area contributed by atoms with Crippen LogP contribution < -0.4 is 5.56 Å². The highest BCUT2D eigenvalue weighted by molar-refractivity contribution is 5.13. The highest BCUT2D eigenvalue weighted by Crippen LogP contribution is 2.27. The van der Waals surface area contributed by atoms with E-state index >= 15 is 0 Å². The lowest BCUT2D eigenvalue weighted by atomic mass is 10.3. The zero-order chi connectivity index (χ0) is 13.4. The van der Waals surface area contributed by atoms with Gasteiger partial charge in [-0.1, -0.05) is 27.7 Å². The van der Waals surface area contributed by atoms with E-state index in [0.29, 0.717) is 0 Å². The van der Waals surface area contributed by atoms with Crippen LogP contribution >= 0.6 is 0 Å². The van der Waals surface area contributed by atoms with Gasteiger partial charge in [0.1, 0.15) is 0 Å². The van der Waals surface area contributed by atoms with Gasteiger partial charge < -0.3 is 4.57 Å². The summed E-state index contributed by atoms with van der Waals surface area (Å²) < 4.78 is 36.8. The number of halogens is 3. The molecule has 0 spiro atoms. The van der Waals surface area contributed by atoms with E-state index in [9.17, 15) is 18.0 Å². The predicted octanol–water partition coefficient (Wildman–Crippen LogP) is 3.46. The summed E-state index contributed by atoms with van der Waals surface area (Å²) in [5.74, 6) is 0. The zero-order valence-electron chi connectivity index (χ0n) is 10.2. The first-order valence-electron chi connectivity index (χ1n) is 5.15. The molecule has 0 saturated carbocycles. The number of hydrogen-bond acceptors (Lipinski definition) is 1. The summed E-state index contributed by atoms with van der Waals surface area (Å²) in [6.07, 6.45) is -3.62. The molecule has 0 unspecified atom stereocenters. The van der Waals surface area contributed by atoms with Crippen LogP contribution in [0.1, 0.15) is 33.3 Å². The lowest BCUT2D eigenvalue weighted by molar-refractivity contribution is -0.138. The standard InChI is InChI=1S/C7H6F3NO.2C2H6/c1-11-4-5(7(8,9)10)2-3-6(11)12;2*1-2/h2-4H,1H3;2*1-2H3. The van der Waals surface area contributed by atoms with Crippen LogP contribution in [-0.2, 0) is 13.2 Å².